The highest BCUT2D eigenvalue weighted by molar-refractivity contribution is 7.67. The summed E-state index contributed by atoms with van der Waals surface area (Å²) in [7, 11) is -3.84. The van der Waals surface area contributed by atoms with E-state index in [2.05, 4.69) is 29.0 Å². The van der Waals surface area contributed by atoms with E-state index in [1.165, 1.54) is 31.3 Å². The van der Waals surface area contributed by atoms with Crippen molar-refractivity contribution in [2.24, 2.45) is 5.92 Å². The van der Waals surface area contributed by atoms with Gasteiger partial charge in [-0.1, -0.05) is 13.8 Å². The molecule has 0 saturated carbocycles. The lowest BCUT2D eigenvalue weighted by Crippen LogP contribution is -2.45. The molecule has 0 aliphatic rings. The predicted octanol–water partition coefficient (Wildman–Crippen LogP) is 3.86. The fraction of sp³-hybridized carbons (Fsp3) is 0.609. The lowest BCUT2D eigenvalue weighted by molar-refractivity contribution is -0.149. The van der Waals surface area contributed by atoms with Crippen LogP contribution in [-0.2, 0) is 30.0 Å². The van der Waals surface area contributed by atoms with E-state index >= 15 is 0 Å². The number of nitrogens with one attached hydrogen (secondary N) is 2. The number of hydrogen-bond donors (Lipinski definition) is 3. The molecule has 0 bridgehead atoms. The molecular formula is C23H37N4O6PS. The zero-order valence-corrected chi connectivity index (χ0v) is 23.3. The summed E-state index contributed by atoms with van der Waals surface area (Å²) in [5, 5.41) is 6.00. The van der Waals surface area contributed by atoms with Gasteiger partial charge in [-0.15, -0.1) is 11.3 Å². The van der Waals surface area contributed by atoms with Crippen LogP contribution in [0.4, 0.5) is 5.13 Å². The first-order chi connectivity index (χ1) is 16.2. The summed E-state index contributed by atoms with van der Waals surface area (Å²) in [5.74, 6) is -0.407. The van der Waals surface area contributed by atoms with Crippen LogP contribution in [0.15, 0.2) is 16.5 Å². The summed E-state index contributed by atoms with van der Waals surface area (Å²) >= 11 is 1.38. The number of ether oxygens (including phenoxy) is 2. The third kappa shape index (κ3) is 8.17. The zero-order chi connectivity index (χ0) is 26.5. The number of hydrogen-bond acceptors (Lipinski definition) is 9. The molecule has 2 atom stereocenters. The lowest BCUT2D eigenvalue weighted by Gasteiger charge is -2.25. The molecule has 0 spiro atoms. The van der Waals surface area contributed by atoms with Crippen LogP contribution in [0.2, 0.25) is 0 Å². The molecule has 0 saturated heterocycles. The molecule has 0 radical (unpaired) electrons. The highest BCUT2D eigenvalue weighted by Crippen LogP contribution is 2.40. The van der Waals surface area contributed by atoms with Gasteiger partial charge in [0.25, 0.3) is 7.44 Å². The van der Waals surface area contributed by atoms with E-state index in [9.17, 15) is 14.2 Å². The van der Waals surface area contributed by atoms with E-state index in [0.717, 1.165) is 11.3 Å². The van der Waals surface area contributed by atoms with Gasteiger partial charge in [-0.25, -0.2) is 15.2 Å². The van der Waals surface area contributed by atoms with Gasteiger partial charge in [0.15, 0.2) is 16.4 Å². The summed E-state index contributed by atoms with van der Waals surface area (Å²) in [4.78, 5) is 30.2. The summed E-state index contributed by atoms with van der Waals surface area (Å²) < 4.78 is 30.6. The van der Waals surface area contributed by atoms with Crippen LogP contribution in [0.25, 0.3) is 11.5 Å². The van der Waals surface area contributed by atoms with Gasteiger partial charge in [-0.05, 0) is 66.0 Å². The van der Waals surface area contributed by atoms with Crippen molar-refractivity contribution in [3.63, 3.8) is 0 Å². The maximum absolute atomic E-state index is 14.2. The van der Waals surface area contributed by atoms with Crippen LogP contribution in [0, 0.1) is 5.92 Å². The van der Waals surface area contributed by atoms with E-state index in [4.69, 9.17) is 19.6 Å². The maximum Gasteiger partial charge on any atom is 0.323 e. The van der Waals surface area contributed by atoms with Gasteiger partial charge in [0, 0.05) is 4.88 Å². The van der Waals surface area contributed by atoms with E-state index in [1.807, 2.05) is 0 Å². The Labute approximate surface area is 210 Å². The molecule has 0 aliphatic carbocycles. The number of thiazole rings is 1. The molecule has 4 N–H and O–H groups in total. The van der Waals surface area contributed by atoms with Gasteiger partial charge in [0.2, 0.25) is 0 Å². The molecule has 2 aromatic rings. The SMILES string of the molecule is CC(C)Cc1sc(N)nc1-c1ccc(P(=O)(N[C@@H](C)C(=O)OC(C)C)N[C@@H](C)C(=O)OC(C)C)o1. The Bertz CT molecular complexity index is 1030. The van der Waals surface area contributed by atoms with Crippen molar-refractivity contribution in [1.82, 2.24) is 15.2 Å². The maximum atomic E-state index is 14.2. The minimum Gasteiger partial charge on any atom is -0.462 e. The summed E-state index contributed by atoms with van der Waals surface area (Å²) in [5.41, 5.74) is 6.56. The number of furan rings is 1. The van der Waals surface area contributed by atoms with Crippen LogP contribution in [0.3, 0.4) is 0 Å². The smallest absolute Gasteiger partial charge is 0.323 e. The van der Waals surface area contributed by atoms with Crippen molar-refractivity contribution in [1.29, 1.82) is 0 Å². The molecule has 0 amide bonds. The van der Waals surface area contributed by atoms with Gasteiger partial charge < -0.3 is 19.6 Å². The number of nitrogens with two attached hydrogens (primary N) is 1. The molecule has 0 aromatic carbocycles. The Morgan fingerprint density at radius 2 is 1.51 bits per heavy atom. The largest absolute Gasteiger partial charge is 0.462 e. The van der Waals surface area contributed by atoms with Crippen molar-refractivity contribution in [2.75, 3.05) is 5.73 Å². The molecule has 2 aromatic heterocycles. The quantitative estimate of drug-likeness (QED) is 0.274. The van der Waals surface area contributed by atoms with E-state index < -0.39 is 31.5 Å². The van der Waals surface area contributed by atoms with Crippen molar-refractivity contribution in [2.45, 2.75) is 86.1 Å². The number of carbonyl (C=O) groups is 2. The molecule has 35 heavy (non-hydrogen) atoms. The van der Waals surface area contributed by atoms with Crippen molar-refractivity contribution < 1.29 is 28.0 Å². The minimum absolute atomic E-state index is 0.0305. The van der Waals surface area contributed by atoms with Crippen LogP contribution >= 0.6 is 18.8 Å². The molecule has 0 unspecified atom stereocenters. The third-order valence-electron chi connectivity index (χ3n) is 4.60. The van der Waals surface area contributed by atoms with E-state index in [1.54, 1.807) is 33.8 Å². The summed E-state index contributed by atoms with van der Waals surface area (Å²) in [6.45, 7) is 14.1. The molecule has 196 valence electrons. The molecule has 10 nitrogen and oxygen atoms in total. The Balaban J connectivity index is 2.42. The van der Waals surface area contributed by atoms with Crippen LogP contribution in [0.5, 0.6) is 0 Å². The van der Waals surface area contributed by atoms with Gasteiger partial charge in [-0.2, -0.15) is 0 Å². The van der Waals surface area contributed by atoms with Crippen molar-refractivity contribution >= 4 is 41.4 Å². The topological polar surface area (TPSA) is 146 Å². The second kappa shape index (κ2) is 12.2. The average Bonchev–Trinajstić information content (AvgIpc) is 3.33. The molecule has 0 aliphatic heterocycles. The monoisotopic (exact) mass is 528 g/mol. The minimum atomic E-state index is -3.84. The summed E-state index contributed by atoms with van der Waals surface area (Å²) in [6, 6.07) is 1.27. The predicted molar refractivity (Wildman–Crippen MR) is 138 cm³/mol. The van der Waals surface area contributed by atoms with E-state index in [-0.39, 0.29) is 17.7 Å². The number of anilines is 1. The Hall–Kier alpha value is -2.20. The molecule has 2 rings (SSSR count). The van der Waals surface area contributed by atoms with Gasteiger partial charge in [0.1, 0.15) is 17.8 Å². The second-order valence-electron chi connectivity index (χ2n) is 9.34. The number of rotatable bonds is 12. The lowest BCUT2D eigenvalue weighted by atomic mass is 10.1. The first-order valence-electron chi connectivity index (χ1n) is 11.6. The number of nitrogens with zero attached hydrogens (tertiary/aromatic N) is 1. The average molecular weight is 529 g/mol. The fourth-order valence-electron chi connectivity index (χ4n) is 3.18. The molecular weight excluding hydrogens is 491 g/mol. The van der Waals surface area contributed by atoms with Gasteiger partial charge in [0.05, 0.1) is 12.2 Å². The number of esters is 2. The Morgan fingerprint density at radius 1 is 1.00 bits per heavy atom. The van der Waals surface area contributed by atoms with Crippen LogP contribution in [-0.4, -0.2) is 41.2 Å². The molecule has 0 fully saturated rings. The number of aromatic nitrogens is 1. The number of carbonyl (C=O) groups excluding carboxylic acids is 2. The Morgan fingerprint density at radius 3 is 1.97 bits per heavy atom. The van der Waals surface area contributed by atoms with Crippen molar-refractivity contribution in [3.8, 4) is 11.5 Å². The van der Waals surface area contributed by atoms with Gasteiger partial charge in [-0.3, -0.25) is 14.2 Å². The highest BCUT2D eigenvalue weighted by atomic mass is 32.1. The standard InChI is InChI=1S/C23H37N4O6PS/c1-12(2)11-18-20(25-23(24)35-18)17-9-10-19(33-17)34(30,26-15(7)21(28)31-13(3)4)27-16(8)22(29)32-14(5)6/h9-10,12-16H,11H2,1-8H3,(H2,24,25)(H2,26,27,30)/t15-,16-/m0/s1. The Kier molecular flexibility index (Phi) is 10.1. The van der Waals surface area contributed by atoms with Crippen molar-refractivity contribution in [3.05, 3.63) is 17.0 Å². The normalized spacial score (nSPS) is 13.9. The molecule has 2 heterocycles. The highest BCUT2D eigenvalue weighted by Gasteiger charge is 2.37. The van der Waals surface area contributed by atoms with Crippen LogP contribution in [0.1, 0.15) is 60.3 Å². The van der Waals surface area contributed by atoms with Crippen LogP contribution < -0.4 is 21.4 Å². The number of nitrogen functional groups attached to an aromatic ring is 1. The fourth-order valence-corrected chi connectivity index (χ4v) is 6.37. The molecule has 12 heteroatoms. The first-order valence-corrected chi connectivity index (χ1v) is 14.2. The third-order valence-corrected chi connectivity index (χ3v) is 7.87. The second-order valence-corrected chi connectivity index (χ2v) is 12.6. The first kappa shape index (κ1) is 29.0. The van der Waals surface area contributed by atoms with E-state index in [0.29, 0.717) is 22.5 Å². The van der Waals surface area contributed by atoms with Gasteiger partial charge >= 0.3 is 11.9 Å². The summed E-state index contributed by atoms with van der Waals surface area (Å²) in [6.07, 6.45) is 0.0670. The zero-order valence-electron chi connectivity index (χ0n) is 21.6.